The van der Waals surface area contributed by atoms with Gasteiger partial charge in [0.25, 0.3) is 17.7 Å². The molecule has 0 radical (unpaired) electrons. The van der Waals surface area contributed by atoms with Crippen LogP contribution >= 0.6 is 0 Å². The normalized spacial score (nSPS) is 12.6. The van der Waals surface area contributed by atoms with Gasteiger partial charge < -0.3 is 25.2 Å². The topological polar surface area (TPSA) is 138 Å². The van der Waals surface area contributed by atoms with Crippen LogP contribution in [0.25, 0.3) is 0 Å². The monoisotopic (exact) mass is 469 g/mol. The first kappa shape index (κ1) is 24.5. The second-order valence-electron chi connectivity index (χ2n) is 7.66. The van der Waals surface area contributed by atoms with Crippen molar-refractivity contribution in [1.82, 2.24) is 25.2 Å². The molecule has 0 spiro atoms. The highest BCUT2D eigenvalue weighted by atomic mass is 19.1. The van der Waals surface area contributed by atoms with Gasteiger partial charge in [0.15, 0.2) is 11.5 Å². The van der Waals surface area contributed by atoms with E-state index in [4.69, 9.17) is 4.74 Å². The number of hydrogen-bond donors (Lipinski definition) is 3. The van der Waals surface area contributed by atoms with E-state index in [2.05, 4.69) is 20.3 Å². The molecule has 1 aromatic carbocycles. The molecule has 2 amide bonds. The van der Waals surface area contributed by atoms with Gasteiger partial charge in [0.1, 0.15) is 17.1 Å². The first-order chi connectivity index (χ1) is 16.2. The molecule has 0 saturated carbocycles. The lowest BCUT2D eigenvalue weighted by Crippen LogP contribution is -2.49. The van der Waals surface area contributed by atoms with Gasteiger partial charge in [0.2, 0.25) is 5.75 Å². The number of aromatic hydroxyl groups is 2. The third-order valence-electron chi connectivity index (χ3n) is 5.28. The molecule has 10 nitrogen and oxygen atoms in total. The van der Waals surface area contributed by atoms with Gasteiger partial charge in [0.05, 0.1) is 6.61 Å². The number of carbonyl (C=O) groups is 2. The Kier molecular flexibility index (Phi) is 7.37. The largest absolute Gasteiger partial charge is 0.501 e. The second-order valence-corrected chi connectivity index (χ2v) is 7.66. The van der Waals surface area contributed by atoms with Crippen LogP contribution < -0.4 is 5.32 Å². The molecule has 1 atom stereocenters. The molecule has 2 aromatic heterocycles. The van der Waals surface area contributed by atoms with Crippen molar-refractivity contribution in [2.75, 3.05) is 20.8 Å². The van der Waals surface area contributed by atoms with E-state index in [1.165, 1.54) is 55.6 Å². The molecule has 2 heterocycles. The third-order valence-corrected chi connectivity index (χ3v) is 5.28. The van der Waals surface area contributed by atoms with Crippen LogP contribution in [0.15, 0.2) is 48.7 Å². The highest BCUT2D eigenvalue weighted by Crippen LogP contribution is 2.32. The number of methoxy groups -OCH3 is 1. The molecule has 3 aromatic rings. The zero-order chi connectivity index (χ0) is 24.9. The lowest BCUT2D eigenvalue weighted by atomic mass is 9.99. The van der Waals surface area contributed by atoms with Crippen LogP contribution in [-0.4, -0.2) is 62.6 Å². The molecule has 34 heavy (non-hydrogen) atoms. The average molecular weight is 469 g/mol. The van der Waals surface area contributed by atoms with E-state index in [1.54, 1.807) is 19.1 Å². The minimum atomic E-state index is -1.35. The Morgan fingerprint density at radius 3 is 2.47 bits per heavy atom. The number of nitrogens with zero attached hydrogens (tertiary/aromatic N) is 4. The molecule has 0 saturated heterocycles. The number of aromatic nitrogens is 3. The number of benzene rings is 1. The molecule has 0 aliphatic rings. The highest BCUT2D eigenvalue weighted by Gasteiger charge is 2.40. The summed E-state index contributed by atoms with van der Waals surface area (Å²) >= 11 is 0. The van der Waals surface area contributed by atoms with E-state index in [0.717, 1.165) is 0 Å². The number of pyridine rings is 1. The summed E-state index contributed by atoms with van der Waals surface area (Å²) in [4.78, 5) is 39.2. The van der Waals surface area contributed by atoms with Crippen molar-refractivity contribution in [1.29, 1.82) is 0 Å². The highest BCUT2D eigenvalue weighted by molar-refractivity contribution is 5.95. The van der Waals surface area contributed by atoms with Gasteiger partial charge in [-0.15, -0.1) is 0 Å². The van der Waals surface area contributed by atoms with Crippen molar-refractivity contribution in [3.05, 3.63) is 77.3 Å². The lowest BCUT2D eigenvalue weighted by Gasteiger charge is -2.37. The van der Waals surface area contributed by atoms with Crippen LogP contribution in [0.4, 0.5) is 4.39 Å². The fraction of sp³-hybridized carbons (Fsp3) is 0.261. The van der Waals surface area contributed by atoms with Crippen LogP contribution in [0.3, 0.4) is 0 Å². The van der Waals surface area contributed by atoms with Crippen molar-refractivity contribution in [2.24, 2.45) is 0 Å². The Bertz CT molecular complexity index is 1180. The molecule has 0 fully saturated rings. The predicted molar refractivity (Wildman–Crippen MR) is 118 cm³/mol. The molecule has 1 unspecified atom stereocenters. The number of carbonyl (C=O) groups excluding carboxylic acids is 2. The fourth-order valence-corrected chi connectivity index (χ4v) is 3.19. The van der Waals surface area contributed by atoms with E-state index in [-0.39, 0.29) is 24.7 Å². The minimum Gasteiger partial charge on any atom is -0.501 e. The Morgan fingerprint density at radius 2 is 1.85 bits per heavy atom. The Hall–Kier alpha value is -4.12. The SMILES string of the molecule is COCC(C)(c1nc(O)c(O)c(C(=O)NCc2ccc(F)cc2)n1)N(C)C(=O)c1ccccn1. The zero-order valence-corrected chi connectivity index (χ0v) is 18.8. The van der Waals surface area contributed by atoms with E-state index in [9.17, 15) is 24.2 Å². The number of likely N-dealkylation sites (N-methyl/N-ethyl adjacent to an activating group) is 1. The van der Waals surface area contributed by atoms with Gasteiger partial charge in [-0.2, -0.15) is 4.98 Å². The Labute approximate surface area is 195 Å². The molecule has 178 valence electrons. The van der Waals surface area contributed by atoms with Crippen molar-refractivity contribution >= 4 is 11.8 Å². The third kappa shape index (κ3) is 5.09. The standard InChI is InChI=1S/C23H24FN5O5/c1-23(13-34-3,29(2)21(33)16-6-4-5-11-25-16)22-27-17(18(30)20(32)28-22)19(31)26-12-14-7-9-15(24)10-8-14/h4-11,30H,12-13H2,1-3H3,(H,26,31)(H,27,28,32). The number of nitrogens with one attached hydrogen (secondary N) is 1. The van der Waals surface area contributed by atoms with E-state index in [0.29, 0.717) is 5.56 Å². The number of ether oxygens (including phenoxy) is 1. The lowest BCUT2D eigenvalue weighted by molar-refractivity contribution is 0.0231. The molecular formula is C23H24FN5O5. The van der Waals surface area contributed by atoms with Crippen molar-refractivity contribution < 1.29 is 28.9 Å². The van der Waals surface area contributed by atoms with Crippen molar-refractivity contribution in [3.63, 3.8) is 0 Å². The number of amides is 2. The van der Waals surface area contributed by atoms with Crippen LogP contribution in [0.5, 0.6) is 11.6 Å². The predicted octanol–water partition coefficient (Wildman–Crippen LogP) is 1.99. The van der Waals surface area contributed by atoms with E-state index >= 15 is 0 Å². The molecular weight excluding hydrogens is 445 g/mol. The van der Waals surface area contributed by atoms with Gasteiger partial charge in [-0.1, -0.05) is 18.2 Å². The maximum atomic E-state index is 13.1. The van der Waals surface area contributed by atoms with Gasteiger partial charge in [-0.25, -0.2) is 9.37 Å². The molecule has 3 rings (SSSR count). The molecule has 0 bridgehead atoms. The minimum absolute atomic E-state index is 0.0199. The van der Waals surface area contributed by atoms with Gasteiger partial charge in [-0.05, 0) is 36.8 Å². The maximum absolute atomic E-state index is 13.1. The maximum Gasteiger partial charge on any atom is 0.274 e. The summed E-state index contributed by atoms with van der Waals surface area (Å²) in [6.45, 7) is 1.51. The molecule has 3 N–H and O–H groups in total. The summed E-state index contributed by atoms with van der Waals surface area (Å²) in [5.41, 5.74) is -1.07. The average Bonchev–Trinajstić information content (AvgIpc) is 2.84. The number of hydrogen-bond acceptors (Lipinski definition) is 8. The number of rotatable bonds is 8. The second kappa shape index (κ2) is 10.2. The molecule has 0 aliphatic heterocycles. The van der Waals surface area contributed by atoms with Crippen LogP contribution in [0.2, 0.25) is 0 Å². The Morgan fingerprint density at radius 1 is 1.15 bits per heavy atom. The quantitative estimate of drug-likeness (QED) is 0.455. The van der Waals surface area contributed by atoms with Crippen LogP contribution in [0.1, 0.15) is 39.3 Å². The number of halogens is 1. The first-order valence-corrected chi connectivity index (χ1v) is 10.2. The van der Waals surface area contributed by atoms with Crippen LogP contribution in [0, 0.1) is 5.82 Å². The fourth-order valence-electron chi connectivity index (χ4n) is 3.19. The molecule has 11 heteroatoms. The summed E-state index contributed by atoms with van der Waals surface area (Å²) in [6, 6.07) is 10.3. The van der Waals surface area contributed by atoms with Crippen LogP contribution in [-0.2, 0) is 16.8 Å². The smallest absolute Gasteiger partial charge is 0.274 e. The van der Waals surface area contributed by atoms with Gasteiger partial charge in [0, 0.05) is 26.9 Å². The summed E-state index contributed by atoms with van der Waals surface area (Å²) in [5, 5.41) is 23.0. The summed E-state index contributed by atoms with van der Waals surface area (Å²) in [7, 11) is 2.89. The van der Waals surface area contributed by atoms with Gasteiger partial charge >= 0.3 is 0 Å². The summed E-state index contributed by atoms with van der Waals surface area (Å²) in [5.74, 6) is -3.49. The van der Waals surface area contributed by atoms with E-state index < -0.39 is 40.5 Å². The zero-order valence-electron chi connectivity index (χ0n) is 18.8. The van der Waals surface area contributed by atoms with Crippen molar-refractivity contribution in [3.8, 4) is 11.6 Å². The first-order valence-electron chi connectivity index (χ1n) is 10.2. The van der Waals surface area contributed by atoms with Crippen molar-refractivity contribution in [2.45, 2.75) is 19.0 Å². The van der Waals surface area contributed by atoms with Gasteiger partial charge in [-0.3, -0.25) is 14.6 Å². The van der Waals surface area contributed by atoms with E-state index in [1.807, 2.05) is 0 Å². The Balaban J connectivity index is 1.94. The molecule has 0 aliphatic carbocycles. The summed E-state index contributed by atoms with van der Waals surface area (Å²) in [6.07, 6.45) is 1.47. The summed E-state index contributed by atoms with van der Waals surface area (Å²) < 4.78 is 18.4.